The average molecular weight is 499 g/mol. The SMILES string of the molecule is CO[C@H]1CC[C@]2(CC1)Cc1ccc(-c3ccc(Cl)nn3)cc1C21COC(N(C(=O)O)C(C)(C)C)=N1. The normalized spacial score (nSPS) is 27.6. The first kappa shape index (κ1) is 24.0. The highest BCUT2D eigenvalue weighted by Gasteiger charge is 2.62. The zero-order chi connectivity index (χ0) is 25.0. The molecule has 1 N–H and O–H groups in total. The Bertz CT molecular complexity index is 1170. The van der Waals surface area contributed by atoms with Gasteiger partial charge in [-0.25, -0.2) is 14.7 Å². The monoisotopic (exact) mass is 498 g/mol. The Morgan fingerprint density at radius 1 is 1.20 bits per heavy atom. The topological polar surface area (TPSA) is 97.1 Å². The lowest BCUT2D eigenvalue weighted by Crippen LogP contribution is -2.49. The molecule has 1 aromatic heterocycles. The maximum atomic E-state index is 12.2. The molecule has 1 atom stereocenters. The zero-order valence-corrected chi connectivity index (χ0v) is 21.3. The summed E-state index contributed by atoms with van der Waals surface area (Å²) in [5.74, 6) is 0. The van der Waals surface area contributed by atoms with Crippen molar-refractivity contribution in [1.29, 1.82) is 0 Å². The standard InChI is InChI=1S/C26H31ClN4O4/c1-24(2,3)31(23(32)33)22-28-26(15-35-22)19-13-16(20-7-8-21(27)30-29-20)5-6-17(19)14-25(26)11-9-18(34-4)10-12-25/h5-8,13,18H,9-12,14-15H2,1-4H3,(H,32,33)/t18-,25-,26?. The Balaban J connectivity index is 1.64. The summed E-state index contributed by atoms with van der Waals surface area (Å²) in [6, 6.07) is 10.1. The van der Waals surface area contributed by atoms with Crippen molar-refractivity contribution in [2.24, 2.45) is 10.4 Å². The number of aromatic nitrogens is 2. The lowest BCUT2D eigenvalue weighted by molar-refractivity contribution is -0.0103. The third kappa shape index (κ3) is 3.87. The van der Waals surface area contributed by atoms with Crippen molar-refractivity contribution < 1.29 is 19.4 Å². The van der Waals surface area contributed by atoms with Gasteiger partial charge in [-0.3, -0.25) is 0 Å². The van der Waals surface area contributed by atoms with E-state index in [2.05, 4.69) is 28.4 Å². The van der Waals surface area contributed by atoms with Gasteiger partial charge in [0.1, 0.15) is 12.1 Å². The molecule has 2 heterocycles. The molecular formula is C26H31ClN4O4. The Hall–Kier alpha value is -2.71. The highest BCUT2D eigenvalue weighted by atomic mass is 35.5. The fourth-order valence-electron chi connectivity index (χ4n) is 6.09. The van der Waals surface area contributed by atoms with Crippen LogP contribution in [-0.4, -0.2) is 57.7 Å². The first-order chi connectivity index (χ1) is 16.6. The summed E-state index contributed by atoms with van der Waals surface area (Å²) in [6.07, 6.45) is 3.76. The number of nitrogens with zero attached hydrogens (tertiary/aromatic N) is 4. The predicted octanol–water partition coefficient (Wildman–Crippen LogP) is 5.29. The van der Waals surface area contributed by atoms with Crippen LogP contribution < -0.4 is 0 Å². The van der Waals surface area contributed by atoms with E-state index in [4.69, 9.17) is 26.1 Å². The fourth-order valence-corrected chi connectivity index (χ4v) is 6.19. The minimum atomic E-state index is -1.08. The van der Waals surface area contributed by atoms with Crippen molar-refractivity contribution in [3.8, 4) is 11.3 Å². The van der Waals surface area contributed by atoms with Crippen LogP contribution in [0.25, 0.3) is 11.3 Å². The van der Waals surface area contributed by atoms with Gasteiger partial charge in [0.05, 0.1) is 11.8 Å². The van der Waals surface area contributed by atoms with E-state index in [1.807, 2.05) is 26.8 Å². The Morgan fingerprint density at radius 3 is 2.54 bits per heavy atom. The van der Waals surface area contributed by atoms with Gasteiger partial charge in [0.25, 0.3) is 6.02 Å². The van der Waals surface area contributed by atoms with Crippen LogP contribution in [0.5, 0.6) is 0 Å². The van der Waals surface area contributed by atoms with Crippen LogP contribution in [0.4, 0.5) is 4.79 Å². The zero-order valence-electron chi connectivity index (χ0n) is 20.5. The summed E-state index contributed by atoms with van der Waals surface area (Å²) in [6.45, 7) is 5.84. The summed E-state index contributed by atoms with van der Waals surface area (Å²) in [5, 5.41) is 18.6. The van der Waals surface area contributed by atoms with Crippen molar-refractivity contribution in [2.45, 2.75) is 70.1 Å². The molecule has 1 unspecified atom stereocenters. The van der Waals surface area contributed by atoms with Gasteiger partial charge in [-0.15, -0.1) is 10.2 Å². The lowest BCUT2D eigenvalue weighted by Gasteiger charge is -2.45. The quantitative estimate of drug-likeness (QED) is 0.604. The van der Waals surface area contributed by atoms with Crippen LogP contribution in [0.1, 0.15) is 57.6 Å². The Labute approximate surface area is 210 Å². The van der Waals surface area contributed by atoms with Gasteiger partial charge in [-0.05, 0) is 82.2 Å². The van der Waals surface area contributed by atoms with E-state index >= 15 is 0 Å². The number of ether oxygens (including phenoxy) is 2. The van der Waals surface area contributed by atoms with Gasteiger partial charge in [0.15, 0.2) is 5.15 Å². The number of benzene rings is 1. The highest BCUT2D eigenvalue weighted by Crippen LogP contribution is 2.61. The number of amidine groups is 1. The molecule has 0 saturated heterocycles. The minimum Gasteiger partial charge on any atom is -0.465 e. The predicted molar refractivity (Wildman–Crippen MR) is 133 cm³/mol. The van der Waals surface area contributed by atoms with Gasteiger partial charge < -0.3 is 14.6 Å². The number of aliphatic imine (C=N–C) groups is 1. The molecule has 186 valence electrons. The average Bonchev–Trinajstić information content (AvgIpc) is 3.34. The number of hydrogen-bond donors (Lipinski definition) is 1. The minimum absolute atomic E-state index is 0.168. The molecule has 9 heteroatoms. The molecule has 35 heavy (non-hydrogen) atoms. The number of carbonyl (C=O) groups is 1. The van der Waals surface area contributed by atoms with Gasteiger partial charge in [0.2, 0.25) is 0 Å². The second-order valence-corrected chi connectivity index (χ2v) is 11.2. The second kappa shape index (κ2) is 8.45. The van der Waals surface area contributed by atoms with E-state index in [0.29, 0.717) is 11.8 Å². The Kier molecular flexibility index (Phi) is 5.79. The van der Waals surface area contributed by atoms with E-state index in [0.717, 1.165) is 48.9 Å². The van der Waals surface area contributed by atoms with Crippen molar-refractivity contribution in [3.63, 3.8) is 0 Å². The summed E-state index contributed by atoms with van der Waals surface area (Å²) in [4.78, 5) is 18.6. The summed E-state index contributed by atoms with van der Waals surface area (Å²) in [5.41, 5.74) is 2.41. The largest absolute Gasteiger partial charge is 0.465 e. The summed E-state index contributed by atoms with van der Waals surface area (Å²) >= 11 is 5.95. The van der Waals surface area contributed by atoms with Crippen LogP contribution in [-0.2, 0) is 21.4 Å². The van der Waals surface area contributed by atoms with Gasteiger partial charge in [0, 0.05) is 23.6 Å². The number of fused-ring (bicyclic) bond motifs is 3. The molecule has 2 aliphatic carbocycles. The third-order valence-electron chi connectivity index (χ3n) is 7.86. The molecule has 0 bridgehead atoms. The molecular weight excluding hydrogens is 468 g/mol. The van der Waals surface area contributed by atoms with E-state index in [-0.39, 0.29) is 17.5 Å². The van der Waals surface area contributed by atoms with Gasteiger partial charge in [-0.2, -0.15) is 0 Å². The number of halogens is 1. The van der Waals surface area contributed by atoms with Crippen LogP contribution in [0.3, 0.4) is 0 Å². The number of hydrogen-bond acceptors (Lipinski definition) is 6. The first-order valence-electron chi connectivity index (χ1n) is 12.0. The number of rotatable bonds is 2. The van der Waals surface area contributed by atoms with E-state index in [9.17, 15) is 9.90 Å². The lowest BCUT2D eigenvalue weighted by atomic mass is 9.62. The molecule has 5 rings (SSSR count). The Morgan fingerprint density at radius 2 is 1.94 bits per heavy atom. The molecule has 8 nitrogen and oxygen atoms in total. The van der Waals surface area contributed by atoms with Crippen molar-refractivity contribution in [2.75, 3.05) is 13.7 Å². The third-order valence-corrected chi connectivity index (χ3v) is 8.06. The van der Waals surface area contributed by atoms with Crippen molar-refractivity contribution in [3.05, 3.63) is 46.6 Å². The van der Waals surface area contributed by atoms with Crippen LogP contribution in [0, 0.1) is 5.41 Å². The van der Waals surface area contributed by atoms with E-state index in [1.54, 1.807) is 13.2 Å². The van der Waals surface area contributed by atoms with E-state index in [1.165, 1.54) is 10.5 Å². The molecule has 1 aliphatic heterocycles. The summed E-state index contributed by atoms with van der Waals surface area (Å²) < 4.78 is 11.8. The molecule has 2 spiro atoms. The van der Waals surface area contributed by atoms with Gasteiger partial charge >= 0.3 is 6.09 Å². The molecule has 1 fully saturated rings. The van der Waals surface area contributed by atoms with E-state index < -0.39 is 17.2 Å². The molecule has 0 radical (unpaired) electrons. The molecule has 1 aromatic carbocycles. The van der Waals surface area contributed by atoms with Crippen molar-refractivity contribution >= 4 is 23.7 Å². The fraction of sp³-hybridized carbons (Fsp3) is 0.538. The maximum absolute atomic E-state index is 12.2. The number of methoxy groups -OCH3 is 1. The smallest absolute Gasteiger partial charge is 0.415 e. The molecule has 1 saturated carbocycles. The molecule has 2 aromatic rings. The molecule has 3 aliphatic rings. The number of carboxylic acid groups (broad SMARTS) is 1. The second-order valence-electron chi connectivity index (χ2n) is 10.8. The molecule has 1 amide bonds. The van der Waals surface area contributed by atoms with Gasteiger partial charge in [-0.1, -0.05) is 23.7 Å². The van der Waals surface area contributed by atoms with Crippen LogP contribution >= 0.6 is 11.6 Å². The van der Waals surface area contributed by atoms with Crippen LogP contribution in [0.2, 0.25) is 5.15 Å². The van der Waals surface area contributed by atoms with Crippen molar-refractivity contribution in [1.82, 2.24) is 15.1 Å². The number of amides is 1. The highest BCUT2D eigenvalue weighted by molar-refractivity contribution is 6.29. The first-order valence-corrected chi connectivity index (χ1v) is 12.4. The summed E-state index contributed by atoms with van der Waals surface area (Å²) in [7, 11) is 1.77. The maximum Gasteiger partial charge on any atom is 0.415 e. The van der Waals surface area contributed by atoms with Crippen LogP contribution in [0.15, 0.2) is 35.3 Å².